The number of esters is 2. The molecule has 0 heterocycles. The van der Waals surface area contributed by atoms with Crippen molar-refractivity contribution in [2.24, 2.45) is 0 Å². The number of benzene rings is 3. The minimum Gasteiger partial charge on any atom is -0.507 e. The molecule has 0 atom stereocenters. The lowest BCUT2D eigenvalue weighted by atomic mass is 9.97. The molecule has 3 rings (SSSR count). The van der Waals surface area contributed by atoms with E-state index >= 15 is 0 Å². The molecule has 34 heavy (non-hydrogen) atoms. The van der Waals surface area contributed by atoms with Gasteiger partial charge in [0.2, 0.25) is 0 Å². The first kappa shape index (κ1) is 24.5. The number of carbonyl (C=O) groups is 2. The fourth-order valence-corrected chi connectivity index (χ4v) is 3.39. The zero-order valence-electron chi connectivity index (χ0n) is 18.7. The van der Waals surface area contributed by atoms with Gasteiger partial charge in [-0.3, -0.25) is 0 Å². The third-order valence-corrected chi connectivity index (χ3v) is 5.04. The average molecular weight is 459 g/mol. The second-order valence-corrected chi connectivity index (χ2v) is 7.49. The lowest BCUT2D eigenvalue weighted by molar-refractivity contribution is 0.0433. The molecule has 6 nitrogen and oxygen atoms in total. The van der Waals surface area contributed by atoms with Gasteiger partial charge in [0.05, 0.1) is 17.7 Å². The van der Waals surface area contributed by atoms with Crippen LogP contribution in [0.3, 0.4) is 0 Å². The first-order valence-corrected chi connectivity index (χ1v) is 10.7. The number of aliphatic hydroxyl groups is 1. The van der Waals surface area contributed by atoms with E-state index in [2.05, 4.69) is 13.2 Å². The number of allylic oxidation sites excluding steroid dienone is 2. The molecule has 0 aliphatic rings. The Morgan fingerprint density at radius 3 is 1.94 bits per heavy atom. The van der Waals surface area contributed by atoms with Crippen molar-refractivity contribution >= 4 is 11.9 Å². The quantitative estimate of drug-likeness (QED) is 0.255. The fraction of sp³-hybridized carbons (Fsp3) is 0.143. The summed E-state index contributed by atoms with van der Waals surface area (Å²) >= 11 is 0. The molecule has 0 saturated carbocycles. The van der Waals surface area contributed by atoms with E-state index in [0.717, 1.165) is 11.1 Å². The number of hydrogen-bond donors (Lipinski definition) is 2. The maximum atomic E-state index is 12.9. The highest BCUT2D eigenvalue weighted by molar-refractivity contribution is 5.95. The highest BCUT2D eigenvalue weighted by Crippen LogP contribution is 2.38. The average Bonchev–Trinajstić information content (AvgIpc) is 2.85. The van der Waals surface area contributed by atoms with Crippen LogP contribution < -0.4 is 4.74 Å². The molecule has 0 fully saturated rings. The molecular weight excluding hydrogens is 432 g/mol. The summed E-state index contributed by atoms with van der Waals surface area (Å²) in [7, 11) is 0. The third-order valence-electron chi connectivity index (χ3n) is 5.04. The summed E-state index contributed by atoms with van der Waals surface area (Å²) in [6, 6.07) is 16.5. The second-order valence-electron chi connectivity index (χ2n) is 7.49. The summed E-state index contributed by atoms with van der Waals surface area (Å²) < 4.78 is 10.6. The van der Waals surface area contributed by atoms with Crippen LogP contribution in [0, 0.1) is 0 Å². The molecular formula is C28H26O6. The monoisotopic (exact) mass is 458 g/mol. The van der Waals surface area contributed by atoms with Gasteiger partial charge in [-0.2, -0.15) is 0 Å². The van der Waals surface area contributed by atoms with Crippen molar-refractivity contribution in [2.45, 2.75) is 12.8 Å². The predicted octanol–water partition coefficient (Wildman–Crippen LogP) is 4.88. The van der Waals surface area contributed by atoms with Gasteiger partial charge in [0.15, 0.2) is 0 Å². The zero-order valence-corrected chi connectivity index (χ0v) is 18.7. The van der Waals surface area contributed by atoms with Gasteiger partial charge in [0.1, 0.15) is 18.1 Å². The van der Waals surface area contributed by atoms with E-state index in [1.54, 1.807) is 24.3 Å². The van der Waals surface area contributed by atoms with Gasteiger partial charge in [-0.1, -0.05) is 24.3 Å². The molecule has 0 amide bonds. The molecule has 0 bridgehead atoms. The van der Waals surface area contributed by atoms with E-state index in [1.807, 2.05) is 24.3 Å². The minimum absolute atomic E-state index is 0.0617. The summed E-state index contributed by atoms with van der Waals surface area (Å²) in [5.74, 6) is -0.861. The summed E-state index contributed by atoms with van der Waals surface area (Å²) in [6.07, 6.45) is 4.78. The zero-order chi connectivity index (χ0) is 24.5. The molecule has 0 saturated heterocycles. The van der Waals surface area contributed by atoms with Gasteiger partial charge in [0.25, 0.3) is 0 Å². The van der Waals surface area contributed by atoms with Crippen LogP contribution in [0.25, 0.3) is 11.1 Å². The lowest BCUT2D eigenvalue weighted by Crippen LogP contribution is -2.11. The van der Waals surface area contributed by atoms with Crippen molar-refractivity contribution in [3.05, 3.63) is 108 Å². The maximum absolute atomic E-state index is 12.9. The number of aromatic hydroxyl groups is 1. The van der Waals surface area contributed by atoms with Gasteiger partial charge in [-0.25, -0.2) is 9.59 Å². The van der Waals surface area contributed by atoms with Crippen molar-refractivity contribution < 1.29 is 29.3 Å². The summed E-state index contributed by atoms with van der Waals surface area (Å²) in [6.45, 7) is 7.16. The summed E-state index contributed by atoms with van der Waals surface area (Å²) in [5.41, 5.74) is 3.50. The molecule has 0 aliphatic heterocycles. The fourth-order valence-electron chi connectivity index (χ4n) is 3.39. The Morgan fingerprint density at radius 2 is 1.35 bits per heavy atom. The number of rotatable bonds is 10. The van der Waals surface area contributed by atoms with Crippen LogP contribution in [0.2, 0.25) is 0 Å². The van der Waals surface area contributed by atoms with Crippen molar-refractivity contribution in [1.29, 1.82) is 0 Å². The van der Waals surface area contributed by atoms with E-state index in [-0.39, 0.29) is 35.8 Å². The summed E-state index contributed by atoms with van der Waals surface area (Å²) in [4.78, 5) is 24.7. The van der Waals surface area contributed by atoms with Crippen LogP contribution in [-0.4, -0.2) is 35.4 Å². The van der Waals surface area contributed by atoms with Gasteiger partial charge in [0, 0.05) is 11.1 Å². The van der Waals surface area contributed by atoms with E-state index in [0.29, 0.717) is 24.0 Å². The first-order valence-electron chi connectivity index (χ1n) is 10.7. The predicted molar refractivity (Wildman–Crippen MR) is 130 cm³/mol. The van der Waals surface area contributed by atoms with Crippen molar-refractivity contribution in [2.75, 3.05) is 13.2 Å². The molecule has 174 valence electrons. The van der Waals surface area contributed by atoms with Crippen molar-refractivity contribution in [3.8, 4) is 22.6 Å². The molecule has 3 aromatic carbocycles. The Balaban J connectivity index is 1.92. The third kappa shape index (κ3) is 5.99. The smallest absolute Gasteiger partial charge is 0.343 e. The Bertz CT molecular complexity index is 1190. The number of carbonyl (C=O) groups excluding carboxylic acids is 2. The van der Waals surface area contributed by atoms with Crippen molar-refractivity contribution in [3.63, 3.8) is 0 Å². The number of ether oxygens (including phenoxy) is 2. The van der Waals surface area contributed by atoms with Gasteiger partial charge in [-0.05, 0) is 72.5 Å². The van der Waals surface area contributed by atoms with Gasteiger partial charge >= 0.3 is 11.9 Å². The SMILES string of the molecule is C=CCc1ccc(O)c(-c2cc(CC=C)ccc2OC(=O)c2ccc(C(=O)OCCO)cc2)c1. The Kier molecular flexibility index (Phi) is 8.37. The summed E-state index contributed by atoms with van der Waals surface area (Å²) in [5, 5.41) is 19.3. The highest BCUT2D eigenvalue weighted by Gasteiger charge is 2.17. The van der Waals surface area contributed by atoms with Gasteiger partial charge in [-0.15, -0.1) is 13.2 Å². The van der Waals surface area contributed by atoms with Crippen molar-refractivity contribution in [1.82, 2.24) is 0 Å². The minimum atomic E-state index is -0.616. The molecule has 2 N–H and O–H groups in total. The largest absolute Gasteiger partial charge is 0.507 e. The Hall–Kier alpha value is -4.16. The number of aliphatic hydroxyl groups excluding tert-OH is 1. The second kappa shape index (κ2) is 11.6. The molecule has 0 aromatic heterocycles. The Morgan fingerprint density at radius 1 is 0.794 bits per heavy atom. The van der Waals surface area contributed by atoms with Crippen LogP contribution >= 0.6 is 0 Å². The number of phenolic OH excluding ortho intramolecular Hbond substituents is 1. The highest BCUT2D eigenvalue weighted by atomic mass is 16.5. The van der Waals surface area contributed by atoms with E-state index in [4.69, 9.17) is 14.6 Å². The molecule has 3 aromatic rings. The molecule has 6 heteroatoms. The molecule has 0 radical (unpaired) electrons. The maximum Gasteiger partial charge on any atom is 0.343 e. The normalized spacial score (nSPS) is 10.4. The van der Waals surface area contributed by atoms with Crippen LogP contribution in [0.1, 0.15) is 31.8 Å². The standard InChI is InChI=1S/C28H26O6/c1-3-5-19-7-13-25(30)23(17-19)24-18-20(6-4-2)8-14-26(24)34-28(32)22-11-9-21(10-12-22)27(31)33-16-15-29/h3-4,7-14,17-18,29-30H,1-2,5-6,15-16H2. The topological polar surface area (TPSA) is 93.1 Å². The van der Waals surface area contributed by atoms with E-state index < -0.39 is 11.9 Å². The van der Waals surface area contributed by atoms with Gasteiger partial charge < -0.3 is 19.7 Å². The van der Waals surface area contributed by atoms with E-state index in [9.17, 15) is 14.7 Å². The van der Waals surface area contributed by atoms with Crippen LogP contribution in [0.5, 0.6) is 11.5 Å². The number of hydrogen-bond acceptors (Lipinski definition) is 6. The lowest BCUT2D eigenvalue weighted by Gasteiger charge is -2.14. The van der Waals surface area contributed by atoms with E-state index in [1.165, 1.54) is 24.3 Å². The van der Waals surface area contributed by atoms with Crippen LogP contribution in [0.4, 0.5) is 0 Å². The first-order chi connectivity index (χ1) is 16.5. The Labute approximate surface area is 198 Å². The molecule has 0 aliphatic carbocycles. The van der Waals surface area contributed by atoms with Crippen LogP contribution in [-0.2, 0) is 17.6 Å². The number of phenols is 1. The molecule has 0 spiro atoms. The molecule has 0 unspecified atom stereocenters. The van der Waals surface area contributed by atoms with Crippen LogP contribution in [0.15, 0.2) is 86.0 Å².